The maximum atomic E-state index is 13.9. The summed E-state index contributed by atoms with van der Waals surface area (Å²) in [5.41, 5.74) is 1.25. The van der Waals surface area contributed by atoms with E-state index in [4.69, 9.17) is 5.11 Å². The van der Waals surface area contributed by atoms with Gasteiger partial charge in [0.05, 0.1) is 11.8 Å². The van der Waals surface area contributed by atoms with Gasteiger partial charge in [0.25, 0.3) is 0 Å². The molecule has 0 spiro atoms. The molecular formula is C16H10FNO2. The molecule has 0 aliphatic rings. The number of hydrogen-bond donors (Lipinski definition) is 1. The van der Waals surface area contributed by atoms with Crippen molar-refractivity contribution in [2.45, 2.75) is 0 Å². The molecule has 0 fully saturated rings. The summed E-state index contributed by atoms with van der Waals surface area (Å²) in [5, 5.41) is 10.6. The van der Waals surface area contributed by atoms with Crippen LogP contribution >= 0.6 is 0 Å². The summed E-state index contributed by atoms with van der Waals surface area (Å²) in [7, 11) is 0. The Morgan fingerprint density at radius 3 is 2.70 bits per heavy atom. The second kappa shape index (κ2) is 4.74. The summed E-state index contributed by atoms with van der Waals surface area (Å²) in [4.78, 5) is 14.8. The standard InChI is InChI=1S/C16H10FNO2/c17-15-9-18-7-6-13(15)12-3-1-2-10-4-5-11(16(19)20)8-14(10)12/h1-9H,(H,19,20). The van der Waals surface area contributed by atoms with Crippen molar-refractivity contribution in [1.82, 2.24) is 4.98 Å². The van der Waals surface area contributed by atoms with Gasteiger partial charge in [0.2, 0.25) is 0 Å². The maximum absolute atomic E-state index is 13.9. The van der Waals surface area contributed by atoms with Gasteiger partial charge >= 0.3 is 5.97 Å². The molecule has 20 heavy (non-hydrogen) atoms. The molecule has 1 N–H and O–H groups in total. The predicted molar refractivity (Wildman–Crippen MR) is 74.1 cm³/mol. The summed E-state index contributed by atoms with van der Waals surface area (Å²) >= 11 is 0. The van der Waals surface area contributed by atoms with Gasteiger partial charge < -0.3 is 5.11 Å². The third-order valence-corrected chi connectivity index (χ3v) is 3.19. The number of aromatic carboxylic acids is 1. The van der Waals surface area contributed by atoms with E-state index in [0.717, 1.165) is 11.6 Å². The van der Waals surface area contributed by atoms with E-state index in [1.807, 2.05) is 12.1 Å². The fraction of sp³-hybridized carbons (Fsp3) is 0. The molecule has 0 unspecified atom stereocenters. The highest BCUT2D eigenvalue weighted by atomic mass is 19.1. The molecule has 0 aliphatic heterocycles. The number of carbonyl (C=O) groups is 1. The molecule has 3 nitrogen and oxygen atoms in total. The van der Waals surface area contributed by atoms with E-state index in [9.17, 15) is 9.18 Å². The van der Waals surface area contributed by atoms with Gasteiger partial charge in [-0.15, -0.1) is 0 Å². The van der Waals surface area contributed by atoms with Crippen molar-refractivity contribution in [1.29, 1.82) is 0 Å². The van der Waals surface area contributed by atoms with Crippen molar-refractivity contribution < 1.29 is 14.3 Å². The van der Waals surface area contributed by atoms with Crippen LogP contribution in [0.2, 0.25) is 0 Å². The number of carboxylic acids is 1. The van der Waals surface area contributed by atoms with E-state index in [2.05, 4.69) is 4.98 Å². The lowest BCUT2D eigenvalue weighted by molar-refractivity contribution is 0.0697. The minimum atomic E-state index is -1.00. The Labute approximate surface area is 114 Å². The Morgan fingerprint density at radius 2 is 1.95 bits per heavy atom. The van der Waals surface area contributed by atoms with Crippen molar-refractivity contribution in [3.8, 4) is 11.1 Å². The largest absolute Gasteiger partial charge is 0.478 e. The van der Waals surface area contributed by atoms with E-state index in [1.165, 1.54) is 12.3 Å². The smallest absolute Gasteiger partial charge is 0.335 e. The highest BCUT2D eigenvalue weighted by Crippen LogP contribution is 2.30. The summed E-state index contributed by atoms with van der Waals surface area (Å²) in [5.74, 6) is -1.43. The molecule has 0 atom stereocenters. The summed E-state index contributed by atoms with van der Waals surface area (Å²) in [6.45, 7) is 0. The molecule has 2 aromatic carbocycles. The topological polar surface area (TPSA) is 50.2 Å². The van der Waals surface area contributed by atoms with E-state index in [-0.39, 0.29) is 5.56 Å². The first-order valence-electron chi connectivity index (χ1n) is 6.03. The van der Waals surface area contributed by atoms with Crippen molar-refractivity contribution in [2.24, 2.45) is 0 Å². The van der Waals surface area contributed by atoms with Crippen LogP contribution in [0.3, 0.4) is 0 Å². The number of benzene rings is 2. The van der Waals surface area contributed by atoms with Gasteiger partial charge in [-0.1, -0.05) is 24.3 Å². The molecule has 0 saturated carbocycles. The number of halogens is 1. The SMILES string of the molecule is O=C(O)c1ccc2cccc(-c3ccncc3F)c2c1. The van der Waals surface area contributed by atoms with E-state index >= 15 is 0 Å². The third-order valence-electron chi connectivity index (χ3n) is 3.19. The Bertz CT molecular complexity index is 814. The lowest BCUT2D eigenvalue weighted by atomic mass is 9.97. The average Bonchev–Trinajstić information content (AvgIpc) is 2.46. The zero-order valence-electron chi connectivity index (χ0n) is 10.4. The van der Waals surface area contributed by atoms with Crippen LogP contribution in [0.4, 0.5) is 4.39 Å². The van der Waals surface area contributed by atoms with Crippen molar-refractivity contribution in [3.63, 3.8) is 0 Å². The van der Waals surface area contributed by atoms with Gasteiger partial charge in [0.1, 0.15) is 5.82 Å². The predicted octanol–water partition coefficient (Wildman–Crippen LogP) is 3.74. The number of aromatic nitrogens is 1. The van der Waals surface area contributed by atoms with Crippen LogP contribution in [-0.2, 0) is 0 Å². The highest BCUT2D eigenvalue weighted by Gasteiger charge is 2.10. The van der Waals surface area contributed by atoms with Crippen LogP contribution in [-0.4, -0.2) is 16.1 Å². The molecule has 3 rings (SSSR count). The molecule has 1 heterocycles. The lowest BCUT2D eigenvalue weighted by Gasteiger charge is -2.08. The van der Waals surface area contributed by atoms with Gasteiger partial charge in [-0.25, -0.2) is 9.18 Å². The van der Waals surface area contributed by atoms with Crippen LogP contribution in [0.5, 0.6) is 0 Å². The molecular weight excluding hydrogens is 257 g/mol. The van der Waals surface area contributed by atoms with Crippen LogP contribution in [0.25, 0.3) is 21.9 Å². The molecule has 0 aliphatic carbocycles. The summed E-state index contributed by atoms with van der Waals surface area (Å²) < 4.78 is 13.9. The zero-order valence-corrected chi connectivity index (χ0v) is 10.4. The second-order valence-corrected chi connectivity index (χ2v) is 4.40. The third kappa shape index (κ3) is 2.01. The molecule has 0 bridgehead atoms. The molecule has 0 saturated heterocycles. The van der Waals surface area contributed by atoms with Crippen LogP contribution in [0.15, 0.2) is 54.9 Å². The van der Waals surface area contributed by atoms with Crippen LogP contribution < -0.4 is 0 Å². The highest BCUT2D eigenvalue weighted by molar-refractivity contribution is 6.01. The molecule has 0 amide bonds. The van der Waals surface area contributed by atoms with Gasteiger partial charge in [-0.2, -0.15) is 0 Å². The lowest BCUT2D eigenvalue weighted by Crippen LogP contribution is -1.96. The Morgan fingerprint density at radius 1 is 1.10 bits per heavy atom. The van der Waals surface area contributed by atoms with Gasteiger partial charge in [-0.3, -0.25) is 4.98 Å². The first-order chi connectivity index (χ1) is 9.66. The van der Waals surface area contributed by atoms with Crippen LogP contribution in [0.1, 0.15) is 10.4 Å². The maximum Gasteiger partial charge on any atom is 0.335 e. The number of hydrogen-bond acceptors (Lipinski definition) is 2. The molecule has 1 aromatic heterocycles. The van der Waals surface area contributed by atoms with Crippen molar-refractivity contribution in [2.75, 3.05) is 0 Å². The van der Waals surface area contributed by atoms with Gasteiger partial charge in [0.15, 0.2) is 0 Å². The normalized spacial score (nSPS) is 10.7. The minimum absolute atomic E-state index is 0.180. The Balaban J connectivity index is 2.33. The van der Waals surface area contributed by atoms with E-state index in [0.29, 0.717) is 16.5 Å². The summed E-state index contributed by atoms with van der Waals surface area (Å²) in [6, 6.07) is 11.9. The van der Waals surface area contributed by atoms with Gasteiger partial charge in [0, 0.05) is 11.8 Å². The quantitative estimate of drug-likeness (QED) is 0.769. The second-order valence-electron chi connectivity index (χ2n) is 4.40. The van der Waals surface area contributed by atoms with E-state index in [1.54, 1.807) is 24.3 Å². The molecule has 3 aromatic rings. The van der Waals surface area contributed by atoms with Crippen molar-refractivity contribution in [3.05, 3.63) is 66.2 Å². The zero-order chi connectivity index (χ0) is 14.1. The first-order valence-corrected chi connectivity index (χ1v) is 6.03. The fourth-order valence-corrected chi connectivity index (χ4v) is 2.23. The number of fused-ring (bicyclic) bond motifs is 1. The molecule has 98 valence electrons. The Kier molecular flexibility index (Phi) is 2.91. The molecule has 4 heteroatoms. The minimum Gasteiger partial charge on any atom is -0.478 e. The number of nitrogens with zero attached hydrogens (tertiary/aromatic N) is 1. The number of pyridine rings is 1. The summed E-state index contributed by atoms with van der Waals surface area (Å²) in [6.07, 6.45) is 2.66. The van der Waals surface area contributed by atoms with Crippen LogP contribution in [0, 0.1) is 5.82 Å². The number of carboxylic acid groups (broad SMARTS) is 1. The first kappa shape index (κ1) is 12.3. The van der Waals surface area contributed by atoms with E-state index < -0.39 is 11.8 Å². The number of rotatable bonds is 2. The fourth-order valence-electron chi connectivity index (χ4n) is 2.23. The monoisotopic (exact) mass is 267 g/mol. The van der Waals surface area contributed by atoms with Gasteiger partial charge in [-0.05, 0) is 34.5 Å². The van der Waals surface area contributed by atoms with Crippen molar-refractivity contribution >= 4 is 16.7 Å². The molecule has 0 radical (unpaired) electrons. The average molecular weight is 267 g/mol. The Hall–Kier alpha value is -2.75.